The molecule has 1 aromatic carbocycles. The lowest BCUT2D eigenvalue weighted by Gasteiger charge is -2.02. The number of H-pyrrole nitrogens is 1. The molecule has 0 radical (unpaired) electrons. The minimum atomic E-state index is -1.41. The number of carboxylic acid groups (broad SMARTS) is 1. The van der Waals surface area contributed by atoms with Crippen molar-refractivity contribution in [3.63, 3.8) is 0 Å². The van der Waals surface area contributed by atoms with Crippen molar-refractivity contribution in [1.82, 2.24) is 4.98 Å². The quantitative estimate of drug-likeness (QED) is 0.674. The number of nitrogens with one attached hydrogen (secondary N) is 1. The molecular formula is C10H6FNO4. The number of aromatic nitrogens is 1. The Kier molecular flexibility index (Phi) is 2.12. The van der Waals surface area contributed by atoms with E-state index < -0.39 is 28.5 Å². The number of phenols is 1. The Morgan fingerprint density at radius 2 is 2.06 bits per heavy atom. The van der Waals surface area contributed by atoms with Gasteiger partial charge in [0.2, 0.25) is 5.43 Å². The largest absolute Gasteiger partial charge is 0.506 e. The fraction of sp³-hybridized carbons (Fsp3) is 0. The van der Waals surface area contributed by atoms with Crippen LogP contribution in [0.1, 0.15) is 10.4 Å². The van der Waals surface area contributed by atoms with E-state index in [4.69, 9.17) is 5.11 Å². The molecule has 82 valence electrons. The summed E-state index contributed by atoms with van der Waals surface area (Å²) in [6.07, 6.45) is 0.963. The molecule has 0 aliphatic heterocycles. The predicted molar refractivity (Wildman–Crippen MR) is 53.2 cm³/mol. The van der Waals surface area contributed by atoms with E-state index in [0.717, 1.165) is 18.3 Å². The molecule has 2 rings (SSSR count). The normalized spacial score (nSPS) is 10.6. The molecule has 0 amide bonds. The maximum Gasteiger partial charge on any atom is 0.341 e. The standard InChI is InChI=1S/C10H6FNO4/c11-4-1-5-8(7(13)2-4)12-3-6(9(5)14)10(15)16/h1-3,13H,(H,12,14)(H,15,16). The fourth-order valence-corrected chi connectivity index (χ4v) is 1.44. The van der Waals surface area contributed by atoms with Gasteiger partial charge in [0.05, 0.1) is 10.9 Å². The summed E-state index contributed by atoms with van der Waals surface area (Å²) in [5.74, 6) is -2.66. The van der Waals surface area contributed by atoms with Gasteiger partial charge in [0.15, 0.2) is 0 Å². The predicted octanol–water partition coefficient (Wildman–Crippen LogP) is 1.07. The maximum atomic E-state index is 13.0. The van der Waals surface area contributed by atoms with Crippen LogP contribution in [0.15, 0.2) is 23.1 Å². The second-order valence-corrected chi connectivity index (χ2v) is 3.18. The van der Waals surface area contributed by atoms with E-state index in [2.05, 4.69) is 4.98 Å². The molecule has 0 aliphatic carbocycles. The Morgan fingerprint density at radius 1 is 1.38 bits per heavy atom. The zero-order valence-electron chi connectivity index (χ0n) is 7.82. The average Bonchev–Trinajstić information content (AvgIpc) is 2.19. The number of aromatic amines is 1. The van der Waals surface area contributed by atoms with Crippen molar-refractivity contribution >= 4 is 16.9 Å². The summed E-state index contributed by atoms with van der Waals surface area (Å²) < 4.78 is 13.0. The minimum absolute atomic E-state index is 0.0106. The van der Waals surface area contributed by atoms with Gasteiger partial charge >= 0.3 is 5.97 Å². The molecule has 1 aromatic heterocycles. The molecule has 1 heterocycles. The van der Waals surface area contributed by atoms with E-state index in [1.165, 1.54) is 0 Å². The van der Waals surface area contributed by atoms with Gasteiger partial charge in [-0.05, 0) is 6.07 Å². The van der Waals surface area contributed by atoms with Crippen LogP contribution in [0.5, 0.6) is 5.75 Å². The van der Waals surface area contributed by atoms with Crippen LogP contribution >= 0.6 is 0 Å². The second kappa shape index (κ2) is 3.34. The molecule has 0 bridgehead atoms. The number of phenolic OH excluding ortho intramolecular Hbond substituents is 1. The SMILES string of the molecule is O=C(O)c1c[nH]c2c(O)cc(F)cc2c1=O. The summed E-state index contributed by atoms with van der Waals surface area (Å²) in [7, 11) is 0. The first-order valence-corrected chi connectivity index (χ1v) is 4.28. The molecule has 0 saturated carbocycles. The van der Waals surface area contributed by atoms with Gasteiger partial charge in [-0.15, -0.1) is 0 Å². The molecule has 0 spiro atoms. The highest BCUT2D eigenvalue weighted by molar-refractivity contribution is 5.93. The number of pyridine rings is 1. The molecule has 0 unspecified atom stereocenters. The van der Waals surface area contributed by atoms with E-state index in [-0.39, 0.29) is 10.9 Å². The third kappa shape index (κ3) is 1.40. The Morgan fingerprint density at radius 3 is 2.69 bits per heavy atom. The number of fused-ring (bicyclic) bond motifs is 1. The highest BCUT2D eigenvalue weighted by Gasteiger charge is 2.14. The van der Waals surface area contributed by atoms with E-state index in [1.807, 2.05) is 0 Å². The molecule has 0 aliphatic rings. The number of carbonyl (C=O) groups is 1. The summed E-state index contributed by atoms with van der Waals surface area (Å²) >= 11 is 0. The van der Waals surface area contributed by atoms with E-state index in [1.54, 1.807) is 0 Å². The topological polar surface area (TPSA) is 90.4 Å². The van der Waals surface area contributed by atoms with Crippen LogP contribution < -0.4 is 5.43 Å². The van der Waals surface area contributed by atoms with Gasteiger partial charge in [-0.25, -0.2) is 9.18 Å². The van der Waals surface area contributed by atoms with Crippen molar-refractivity contribution in [3.8, 4) is 5.75 Å². The number of aromatic hydroxyl groups is 1. The van der Waals surface area contributed by atoms with Crippen LogP contribution in [-0.4, -0.2) is 21.2 Å². The second-order valence-electron chi connectivity index (χ2n) is 3.18. The van der Waals surface area contributed by atoms with Gasteiger partial charge in [-0.1, -0.05) is 0 Å². The first-order chi connectivity index (χ1) is 7.50. The smallest absolute Gasteiger partial charge is 0.341 e. The molecule has 2 aromatic rings. The van der Waals surface area contributed by atoms with E-state index in [0.29, 0.717) is 0 Å². The van der Waals surface area contributed by atoms with Crippen LogP contribution in [0.25, 0.3) is 10.9 Å². The van der Waals surface area contributed by atoms with Crippen LogP contribution in [0, 0.1) is 5.82 Å². The number of benzene rings is 1. The first-order valence-electron chi connectivity index (χ1n) is 4.28. The Balaban J connectivity index is 2.95. The van der Waals surface area contributed by atoms with Crippen LogP contribution in [0.4, 0.5) is 4.39 Å². The van der Waals surface area contributed by atoms with Gasteiger partial charge in [0.25, 0.3) is 0 Å². The van der Waals surface area contributed by atoms with Crippen LogP contribution in [0.2, 0.25) is 0 Å². The lowest BCUT2D eigenvalue weighted by Crippen LogP contribution is -2.15. The molecular weight excluding hydrogens is 217 g/mol. The summed E-state index contributed by atoms with van der Waals surface area (Å²) in [4.78, 5) is 24.7. The van der Waals surface area contributed by atoms with Gasteiger partial charge in [-0.3, -0.25) is 4.79 Å². The molecule has 0 saturated heterocycles. The maximum absolute atomic E-state index is 13.0. The highest BCUT2D eigenvalue weighted by atomic mass is 19.1. The summed E-state index contributed by atoms with van der Waals surface area (Å²) in [6, 6.07) is 1.71. The number of rotatable bonds is 1. The number of hydrogen-bond acceptors (Lipinski definition) is 3. The van der Waals surface area contributed by atoms with Gasteiger partial charge in [-0.2, -0.15) is 0 Å². The van der Waals surface area contributed by atoms with Crippen molar-refractivity contribution in [2.45, 2.75) is 0 Å². The molecule has 6 heteroatoms. The number of halogens is 1. The average molecular weight is 223 g/mol. The molecule has 0 fully saturated rings. The van der Waals surface area contributed by atoms with Gasteiger partial charge < -0.3 is 15.2 Å². The third-order valence-corrected chi connectivity index (χ3v) is 2.16. The van der Waals surface area contributed by atoms with Crippen molar-refractivity contribution < 1.29 is 19.4 Å². The van der Waals surface area contributed by atoms with Gasteiger partial charge in [0.1, 0.15) is 17.1 Å². The fourth-order valence-electron chi connectivity index (χ4n) is 1.44. The lowest BCUT2D eigenvalue weighted by molar-refractivity contribution is 0.0695. The molecule has 3 N–H and O–H groups in total. The van der Waals surface area contributed by atoms with Crippen LogP contribution in [0.3, 0.4) is 0 Å². The van der Waals surface area contributed by atoms with Crippen molar-refractivity contribution in [1.29, 1.82) is 0 Å². The lowest BCUT2D eigenvalue weighted by atomic mass is 10.1. The summed E-state index contributed by atoms with van der Waals surface area (Å²) in [5.41, 5.74) is -1.33. The van der Waals surface area contributed by atoms with Crippen molar-refractivity contribution in [2.75, 3.05) is 0 Å². The van der Waals surface area contributed by atoms with Crippen molar-refractivity contribution in [3.05, 3.63) is 39.9 Å². The molecule has 5 nitrogen and oxygen atoms in total. The number of aromatic carboxylic acids is 1. The third-order valence-electron chi connectivity index (χ3n) is 2.16. The Hall–Kier alpha value is -2.37. The van der Waals surface area contributed by atoms with Gasteiger partial charge in [0, 0.05) is 12.3 Å². The number of hydrogen-bond donors (Lipinski definition) is 3. The van der Waals surface area contributed by atoms with E-state index >= 15 is 0 Å². The van der Waals surface area contributed by atoms with E-state index in [9.17, 15) is 19.1 Å². The zero-order valence-corrected chi connectivity index (χ0v) is 7.82. The van der Waals surface area contributed by atoms with Crippen molar-refractivity contribution in [2.24, 2.45) is 0 Å². The first kappa shape index (κ1) is 10.2. The molecule has 16 heavy (non-hydrogen) atoms. The summed E-state index contributed by atoms with van der Waals surface area (Å²) in [5, 5.41) is 17.8. The monoisotopic (exact) mass is 223 g/mol. The molecule has 0 atom stereocenters. The highest BCUT2D eigenvalue weighted by Crippen LogP contribution is 2.21. The minimum Gasteiger partial charge on any atom is -0.506 e. The summed E-state index contributed by atoms with van der Waals surface area (Å²) in [6.45, 7) is 0. The Bertz CT molecular complexity index is 647. The number of carboxylic acids is 1. The van der Waals surface area contributed by atoms with Crippen LogP contribution in [-0.2, 0) is 0 Å². The zero-order chi connectivity index (χ0) is 11.9. The Labute approximate surface area is 87.8 Å².